The van der Waals surface area contributed by atoms with Crippen LogP contribution in [0.4, 0.5) is 5.69 Å². The Morgan fingerprint density at radius 2 is 1.85 bits per heavy atom. The van der Waals surface area contributed by atoms with Crippen LogP contribution in [-0.4, -0.2) is 28.8 Å². The molecular formula is C20H21N3O4. The van der Waals surface area contributed by atoms with Gasteiger partial charge in [-0.3, -0.25) is 9.59 Å². The summed E-state index contributed by atoms with van der Waals surface area (Å²) >= 11 is 0. The van der Waals surface area contributed by atoms with Crippen LogP contribution in [0.1, 0.15) is 39.0 Å². The molecule has 0 bridgehead atoms. The van der Waals surface area contributed by atoms with Crippen LogP contribution in [0.3, 0.4) is 0 Å². The summed E-state index contributed by atoms with van der Waals surface area (Å²) in [4.78, 5) is 37.6. The van der Waals surface area contributed by atoms with Gasteiger partial charge in [-0.05, 0) is 38.5 Å². The second kappa shape index (κ2) is 8.32. The molecule has 2 aromatic rings. The molecule has 27 heavy (non-hydrogen) atoms. The highest BCUT2D eigenvalue weighted by molar-refractivity contribution is 6.16. The molecule has 0 fully saturated rings. The Hall–Kier alpha value is -3.40. The van der Waals surface area contributed by atoms with E-state index < -0.39 is 23.6 Å². The molecule has 0 aliphatic rings. The second-order valence-electron chi connectivity index (χ2n) is 6.00. The Kier molecular flexibility index (Phi) is 6.14. The minimum Gasteiger partial charge on any atom is -0.462 e. The number of ether oxygens (including phenoxy) is 1. The molecule has 1 N–H and O–H groups in total. The zero-order valence-electron chi connectivity index (χ0n) is 15.7. The summed E-state index contributed by atoms with van der Waals surface area (Å²) in [5, 5.41) is 12.0. The van der Waals surface area contributed by atoms with Crippen molar-refractivity contribution in [3.05, 3.63) is 52.8 Å². The van der Waals surface area contributed by atoms with E-state index in [1.807, 2.05) is 0 Å². The summed E-state index contributed by atoms with van der Waals surface area (Å²) in [6, 6.07) is 10.3. The number of carbonyl (C=O) groups excluding carboxylic acids is 3. The molecule has 0 aliphatic carbocycles. The van der Waals surface area contributed by atoms with Crippen LogP contribution >= 0.6 is 0 Å². The van der Waals surface area contributed by atoms with Gasteiger partial charge in [0.15, 0.2) is 5.92 Å². The molecule has 1 aromatic heterocycles. The van der Waals surface area contributed by atoms with Crippen molar-refractivity contribution in [3.8, 4) is 6.07 Å². The number of benzene rings is 1. The summed E-state index contributed by atoms with van der Waals surface area (Å²) in [5.41, 5.74) is 1.84. The van der Waals surface area contributed by atoms with Crippen molar-refractivity contribution in [2.75, 3.05) is 11.9 Å². The lowest BCUT2D eigenvalue weighted by molar-refractivity contribution is -0.117. The largest absolute Gasteiger partial charge is 0.462 e. The van der Waals surface area contributed by atoms with Crippen molar-refractivity contribution in [2.45, 2.75) is 20.8 Å². The van der Waals surface area contributed by atoms with E-state index >= 15 is 0 Å². The Morgan fingerprint density at radius 1 is 1.22 bits per heavy atom. The molecule has 0 saturated carbocycles. The van der Waals surface area contributed by atoms with Crippen LogP contribution in [0.15, 0.2) is 30.3 Å². The maximum Gasteiger partial charge on any atom is 0.340 e. The lowest BCUT2D eigenvalue weighted by atomic mass is 9.98. The smallest absolute Gasteiger partial charge is 0.340 e. The number of Topliss-reactive ketones (excluding diaryl/α,β-unsaturated/α-hetero) is 1. The SMILES string of the molecule is CCOC(=O)c1c(C)c(C(=O)C(C#N)C(=O)Nc2ccccc2)n(C)c1C. The van der Waals surface area contributed by atoms with Gasteiger partial charge in [-0.2, -0.15) is 5.26 Å². The number of esters is 1. The van der Waals surface area contributed by atoms with E-state index in [1.165, 1.54) is 4.57 Å². The van der Waals surface area contributed by atoms with Gasteiger partial charge in [0, 0.05) is 18.4 Å². The summed E-state index contributed by atoms with van der Waals surface area (Å²) in [6.07, 6.45) is 0. The van der Waals surface area contributed by atoms with Gasteiger partial charge in [-0.1, -0.05) is 18.2 Å². The predicted octanol–water partition coefficient (Wildman–Crippen LogP) is 2.78. The normalized spacial score (nSPS) is 11.4. The number of rotatable bonds is 6. The van der Waals surface area contributed by atoms with Gasteiger partial charge in [0.25, 0.3) is 0 Å². The third kappa shape index (κ3) is 3.90. The molecule has 7 nitrogen and oxygen atoms in total. The predicted molar refractivity (Wildman–Crippen MR) is 99.3 cm³/mol. The molecule has 140 valence electrons. The molecule has 1 amide bonds. The maximum atomic E-state index is 12.9. The van der Waals surface area contributed by atoms with Crippen molar-refractivity contribution in [1.82, 2.24) is 4.57 Å². The quantitative estimate of drug-likeness (QED) is 0.481. The standard InChI is InChI=1S/C20H21N3O4/c1-5-27-20(26)16-12(2)17(23(4)13(16)3)18(24)15(11-21)19(25)22-14-9-7-6-8-10-14/h6-10,15H,5H2,1-4H3,(H,22,25). The van der Waals surface area contributed by atoms with Crippen LogP contribution in [0, 0.1) is 31.1 Å². The van der Waals surface area contributed by atoms with E-state index in [1.54, 1.807) is 64.2 Å². The molecule has 1 aromatic carbocycles. The van der Waals surface area contributed by atoms with Crippen molar-refractivity contribution < 1.29 is 19.1 Å². The van der Waals surface area contributed by atoms with Crippen molar-refractivity contribution in [1.29, 1.82) is 5.26 Å². The van der Waals surface area contributed by atoms with Crippen LogP contribution in [0.2, 0.25) is 0 Å². The topological polar surface area (TPSA) is 101 Å². The molecular weight excluding hydrogens is 346 g/mol. The van der Waals surface area contributed by atoms with Crippen molar-refractivity contribution >= 4 is 23.3 Å². The van der Waals surface area contributed by atoms with Gasteiger partial charge in [0.05, 0.1) is 23.9 Å². The number of carbonyl (C=O) groups is 3. The van der Waals surface area contributed by atoms with Crippen molar-refractivity contribution in [3.63, 3.8) is 0 Å². The molecule has 7 heteroatoms. The summed E-state index contributed by atoms with van der Waals surface area (Å²) < 4.78 is 6.56. The monoisotopic (exact) mass is 367 g/mol. The number of nitriles is 1. The first-order valence-electron chi connectivity index (χ1n) is 8.46. The Bertz CT molecular complexity index is 923. The van der Waals surface area contributed by atoms with E-state index in [4.69, 9.17) is 4.74 Å². The van der Waals surface area contributed by atoms with Gasteiger partial charge in [-0.15, -0.1) is 0 Å². The Labute approximate surface area is 157 Å². The highest BCUT2D eigenvalue weighted by Crippen LogP contribution is 2.25. The second-order valence-corrected chi connectivity index (χ2v) is 6.00. The molecule has 1 heterocycles. The van der Waals surface area contributed by atoms with E-state index in [-0.39, 0.29) is 17.9 Å². The zero-order valence-corrected chi connectivity index (χ0v) is 15.7. The number of amides is 1. The number of aromatic nitrogens is 1. The van der Waals surface area contributed by atoms with E-state index in [9.17, 15) is 19.6 Å². The maximum absolute atomic E-state index is 12.9. The molecule has 0 saturated heterocycles. The molecule has 0 aliphatic heterocycles. The van der Waals surface area contributed by atoms with Crippen LogP contribution in [0.5, 0.6) is 0 Å². The van der Waals surface area contributed by atoms with E-state index in [0.29, 0.717) is 16.9 Å². The average molecular weight is 367 g/mol. The summed E-state index contributed by atoms with van der Waals surface area (Å²) in [6.45, 7) is 5.19. The lowest BCUT2D eigenvalue weighted by Gasteiger charge is -2.11. The van der Waals surface area contributed by atoms with Gasteiger partial charge in [0.2, 0.25) is 11.7 Å². The average Bonchev–Trinajstić information content (AvgIpc) is 2.85. The number of hydrogen-bond acceptors (Lipinski definition) is 5. The van der Waals surface area contributed by atoms with Gasteiger partial charge < -0.3 is 14.6 Å². The third-order valence-electron chi connectivity index (χ3n) is 4.34. The van der Waals surface area contributed by atoms with Gasteiger partial charge in [0.1, 0.15) is 0 Å². The number of para-hydroxylation sites is 1. The van der Waals surface area contributed by atoms with Crippen LogP contribution < -0.4 is 5.32 Å². The highest BCUT2D eigenvalue weighted by atomic mass is 16.5. The summed E-state index contributed by atoms with van der Waals surface area (Å²) in [7, 11) is 1.61. The zero-order chi connectivity index (χ0) is 20.1. The lowest BCUT2D eigenvalue weighted by Crippen LogP contribution is -2.30. The number of anilines is 1. The minimum absolute atomic E-state index is 0.144. The molecule has 1 atom stereocenters. The molecule has 1 unspecified atom stereocenters. The van der Waals surface area contributed by atoms with E-state index in [0.717, 1.165) is 0 Å². The Balaban J connectivity index is 2.38. The van der Waals surface area contributed by atoms with Crippen molar-refractivity contribution in [2.24, 2.45) is 13.0 Å². The van der Waals surface area contributed by atoms with Gasteiger partial charge >= 0.3 is 5.97 Å². The van der Waals surface area contributed by atoms with Crippen LogP contribution in [-0.2, 0) is 16.6 Å². The number of ketones is 1. The first-order valence-corrected chi connectivity index (χ1v) is 8.46. The summed E-state index contributed by atoms with van der Waals surface area (Å²) in [5.74, 6) is -3.45. The number of nitrogens with zero attached hydrogens (tertiary/aromatic N) is 2. The highest BCUT2D eigenvalue weighted by Gasteiger charge is 2.33. The van der Waals surface area contributed by atoms with Crippen LogP contribution in [0.25, 0.3) is 0 Å². The Morgan fingerprint density at radius 3 is 2.41 bits per heavy atom. The first kappa shape index (κ1) is 19.9. The fourth-order valence-corrected chi connectivity index (χ4v) is 2.94. The third-order valence-corrected chi connectivity index (χ3v) is 4.34. The number of nitrogens with one attached hydrogen (secondary N) is 1. The number of hydrogen-bond donors (Lipinski definition) is 1. The molecule has 0 spiro atoms. The fraction of sp³-hybridized carbons (Fsp3) is 0.300. The minimum atomic E-state index is -1.54. The molecule has 2 rings (SSSR count). The fourth-order valence-electron chi connectivity index (χ4n) is 2.94. The van der Waals surface area contributed by atoms with Gasteiger partial charge in [-0.25, -0.2) is 4.79 Å². The molecule has 0 radical (unpaired) electrons. The van der Waals surface area contributed by atoms with E-state index in [2.05, 4.69) is 5.32 Å². The first-order chi connectivity index (χ1) is 12.8.